The minimum absolute atomic E-state index is 0.369. The van der Waals surface area contributed by atoms with Crippen molar-refractivity contribution in [2.24, 2.45) is 5.73 Å². The molecule has 0 aliphatic carbocycles. The summed E-state index contributed by atoms with van der Waals surface area (Å²) in [5.41, 5.74) is 23.2. The van der Waals surface area contributed by atoms with Gasteiger partial charge in [0.05, 0.1) is 0 Å². The van der Waals surface area contributed by atoms with Crippen LogP contribution in [0.3, 0.4) is 0 Å². The largest absolute Gasteiger partial charge is 0.399 e. The number of rotatable bonds is 4. The summed E-state index contributed by atoms with van der Waals surface area (Å²) in [6, 6.07) is 23.9. The van der Waals surface area contributed by atoms with Crippen LogP contribution in [0.1, 0.15) is 19.4 Å². The lowest BCUT2D eigenvalue weighted by atomic mass is 9.95. The normalized spacial score (nSPS) is 11.3. The van der Waals surface area contributed by atoms with Crippen molar-refractivity contribution in [3.63, 3.8) is 0 Å². The summed E-state index contributed by atoms with van der Waals surface area (Å²) in [6.45, 7) is 4.00. The Kier molecular flexibility index (Phi) is 4.38. The summed E-state index contributed by atoms with van der Waals surface area (Å²) >= 11 is 0. The monoisotopic (exact) mass is 332 g/mol. The van der Waals surface area contributed by atoms with E-state index in [-0.39, 0.29) is 5.54 Å². The highest BCUT2D eigenvalue weighted by Crippen LogP contribution is 2.35. The molecule has 3 aromatic rings. The first-order chi connectivity index (χ1) is 11.8. The van der Waals surface area contributed by atoms with Gasteiger partial charge in [0, 0.05) is 34.0 Å². The summed E-state index contributed by atoms with van der Waals surface area (Å²) in [6.07, 6.45) is 0. The fourth-order valence-corrected chi connectivity index (χ4v) is 2.73. The van der Waals surface area contributed by atoms with Gasteiger partial charge in [0.1, 0.15) is 0 Å². The smallest absolute Gasteiger partial charge is 0.0463 e. The average Bonchev–Trinajstić information content (AvgIpc) is 2.58. The molecular formula is C21H24N4. The topological polar surface area (TPSA) is 81.3 Å². The molecule has 0 unspecified atom stereocenters. The van der Waals surface area contributed by atoms with Gasteiger partial charge < -0.3 is 22.1 Å². The molecule has 0 heterocycles. The number of nitrogens with zero attached hydrogens (tertiary/aromatic N) is 1. The van der Waals surface area contributed by atoms with Crippen LogP contribution >= 0.6 is 0 Å². The van der Waals surface area contributed by atoms with Crippen LogP contribution in [0.2, 0.25) is 0 Å². The zero-order valence-corrected chi connectivity index (χ0v) is 14.6. The molecule has 0 radical (unpaired) electrons. The molecule has 128 valence electrons. The van der Waals surface area contributed by atoms with Crippen molar-refractivity contribution >= 4 is 28.4 Å². The molecule has 6 N–H and O–H groups in total. The molecule has 3 aromatic carbocycles. The van der Waals surface area contributed by atoms with Crippen molar-refractivity contribution < 1.29 is 0 Å². The highest BCUT2D eigenvalue weighted by Gasteiger charge is 2.16. The van der Waals surface area contributed by atoms with Gasteiger partial charge in [0.15, 0.2) is 0 Å². The Morgan fingerprint density at radius 3 is 1.24 bits per heavy atom. The van der Waals surface area contributed by atoms with Crippen molar-refractivity contribution in [1.82, 2.24) is 0 Å². The summed E-state index contributed by atoms with van der Waals surface area (Å²) in [4.78, 5) is 2.16. The Morgan fingerprint density at radius 2 is 0.920 bits per heavy atom. The van der Waals surface area contributed by atoms with Crippen LogP contribution in [0, 0.1) is 0 Å². The van der Waals surface area contributed by atoms with Crippen molar-refractivity contribution in [3.05, 3.63) is 78.4 Å². The maximum atomic E-state index is 6.20. The second kappa shape index (κ2) is 6.49. The third-order valence-electron chi connectivity index (χ3n) is 4.17. The van der Waals surface area contributed by atoms with Crippen molar-refractivity contribution in [1.29, 1.82) is 0 Å². The first kappa shape index (κ1) is 16.9. The van der Waals surface area contributed by atoms with Gasteiger partial charge >= 0.3 is 0 Å². The first-order valence-corrected chi connectivity index (χ1v) is 8.25. The summed E-state index contributed by atoms with van der Waals surface area (Å²) < 4.78 is 0. The Balaban J connectivity index is 2.07. The average molecular weight is 332 g/mol. The molecular weight excluding hydrogens is 308 g/mol. The van der Waals surface area contributed by atoms with Gasteiger partial charge in [-0.15, -0.1) is 0 Å². The van der Waals surface area contributed by atoms with E-state index in [0.29, 0.717) is 0 Å². The van der Waals surface area contributed by atoms with Crippen LogP contribution in [-0.2, 0) is 5.54 Å². The molecule has 4 heteroatoms. The number of nitrogen functional groups attached to an aromatic ring is 2. The molecule has 0 amide bonds. The molecule has 0 aliphatic heterocycles. The molecule has 0 bridgehead atoms. The minimum Gasteiger partial charge on any atom is -0.399 e. The number of nitrogens with two attached hydrogens (primary N) is 3. The minimum atomic E-state index is -0.369. The SMILES string of the molecule is CC(C)(N)c1ccc(N(c2ccc(N)cc2)c2ccc(N)cc2)cc1. The first-order valence-electron chi connectivity index (χ1n) is 8.25. The van der Waals surface area contributed by atoms with Crippen molar-refractivity contribution in [2.45, 2.75) is 19.4 Å². The van der Waals surface area contributed by atoms with E-state index in [0.717, 1.165) is 34.0 Å². The zero-order chi connectivity index (χ0) is 18.0. The molecule has 0 saturated carbocycles. The van der Waals surface area contributed by atoms with Crippen molar-refractivity contribution in [2.75, 3.05) is 16.4 Å². The van der Waals surface area contributed by atoms with Gasteiger partial charge in [0.2, 0.25) is 0 Å². The predicted octanol–water partition coefficient (Wildman–Crippen LogP) is 4.51. The Hall–Kier alpha value is -2.98. The van der Waals surface area contributed by atoms with E-state index in [1.807, 2.05) is 62.4 Å². The molecule has 0 aromatic heterocycles. The van der Waals surface area contributed by atoms with Gasteiger partial charge in [-0.25, -0.2) is 0 Å². The molecule has 4 nitrogen and oxygen atoms in total. The fraction of sp³-hybridized carbons (Fsp3) is 0.143. The lowest BCUT2D eigenvalue weighted by molar-refractivity contribution is 0.554. The van der Waals surface area contributed by atoms with Crippen LogP contribution in [0.25, 0.3) is 0 Å². The third kappa shape index (κ3) is 3.75. The van der Waals surface area contributed by atoms with Crippen LogP contribution in [0.15, 0.2) is 72.8 Å². The van der Waals surface area contributed by atoms with Gasteiger partial charge in [-0.05, 0) is 80.1 Å². The van der Waals surface area contributed by atoms with Crippen molar-refractivity contribution in [3.8, 4) is 0 Å². The van der Waals surface area contributed by atoms with E-state index in [1.54, 1.807) is 0 Å². The van der Waals surface area contributed by atoms with Gasteiger partial charge in [-0.3, -0.25) is 0 Å². The maximum Gasteiger partial charge on any atom is 0.0463 e. The lowest BCUT2D eigenvalue weighted by Gasteiger charge is -2.27. The summed E-state index contributed by atoms with van der Waals surface area (Å²) in [5.74, 6) is 0. The highest BCUT2D eigenvalue weighted by molar-refractivity contribution is 5.77. The summed E-state index contributed by atoms with van der Waals surface area (Å²) in [7, 11) is 0. The molecule has 0 aliphatic rings. The standard InChI is InChI=1S/C21H24N4/c1-21(2,24)15-3-9-18(10-4-15)25(19-11-5-16(22)6-12-19)20-13-7-17(23)8-14-20/h3-14H,22-24H2,1-2H3. The third-order valence-corrected chi connectivity index (χ3v) is 4.17. The van der Waals surface area contributed by atoms with E-state index in [1.165, 1.54) is 0 Å². The molecule has 0 fully saturated rings. The predicted molar refractivity (Wildman–Crippen MR) is 107 cm³/mol. The number of anilines is 5. The molecule has 0 atom stereocenters. The number of benzene rings is 3. The highest BCUT2D eigenvalue weighted by atomic mass is 15.1. The lowest BCUT2D eigenvalue weighted by Crippen LogP contribution is -2.28. The van der Waals surface area contributed by atoms with E-state index >= 15 is 0 Å². The number of hydrogen-bond donors (Lipinski definition) is 3. The second-order valence-electron chi connectivity index (χ2n) is 6.79. The van der Waals surface area contributed by atoms with Gasteiger partial charge in [-0.2, -0.15) is 0 Å². The zero-order valence-electron chi connectivity index (χ0n) is 14.6. The Morgan fingerprint density at radius 1 is 0.600 bits per heavy atom. The van der Waals surface area contributed by atoms with Crippen LogP contribution in [0.5, 0.6) is 0 Å². The number of hydrogen-bond acceptors (Lipinski definition) is 4. The van der Waals surface area contributed by atoms with Gasteiger partial charge in [-0.1, -0.05) is 12.1 Å². The molecule has 25 heavy (non-hydrogen) atoms. The van der Waals surface area contributed by atoms with E-state index in [9.17, 15) is 0 Å². The van der Waals surface area contributed by atoms with E-state index in [4.69, 9.17) is 17.2 Å². The Labute approximate surface area is 148 Å². The molecule has 0 saturated heterocycles. The van der Waals surface area contributed by atoms with Crippen LogP contribution < -0.4 is 22.1 Å². The van der Waals surface area contributed by atoms with E-state index < -0.39 is 0 Å². The van der Waals surface area contributed by atoms with Gasteiger partial charge in [0.25, 0.3) is 0 Å². The maximum absolute atomic E-state index is 6.20. The second-order valence-corrected chi connectivity index (χ2v) is 6.79. The summed E-state index contributed by atoms with van der Waals surface area (Å²) in [5, 5.41) is 0. The van der Waals surface area contributed by atoms with Crippen LogP contribution in [-0.4, -0.2) is 0 Å². The fourth-order valence-electron chi connectivity index (χ4n) is 2.73. The van der Waals surface area contributed by atoms with Crippen LogP contribution in [0.4, 0.5) is 28.4 Å². The molecule has 3 rings (SSSR count). The quantitative estimate of drug-likeness (QED) is 0.614. The molecule has 0 spiro atoms. The van der Waals surface area contributed by atoms with E-state index in [2.05, 4.69) is 29.2 Å². The Bertz CT molecular complexity index is 784.